The average molecular weight is 418 g/mol. The smallest absolute Gasteiger partial charge is 0.270 e. The Morgan fingerprint density at radius 3 is 2.38 bits per heavy atom. The fourth-order valence-corrected chi connectivity index (χ4v) is 4.31. The quantitative estimate of drug-likeness (QED) is 0.377. The molecular formula is C24H19NO2S2. The molecule has 1 amide bonds. The van der Waals surface area contributed by atoms with E-state index in [1.165, 1.54) is 22.9 Å². The van der Waals surface area contributed by atoms with Crippen molar-refractivity contribution >= 4 is 46.0 Å². The summed E-state index contributed by atoms with van der Waals surface area (Å²) in [6.45, 7) is 2.61. The highest BCUT2D eigenvalue weighted by Gasteiger charge is 2.33. The molecule has 0 atom stereocenters. The van der Waals surface area contributed by atoms with Gasteiger partial charge in [0.1, 0.15) is 12.4 Å². The molecule has 29 heavy (non-hydrogen) atoms. The fourth-order valence-electron chi connectivity index (χ4n) is 3.01. The van der Waals surface area contributed by atoms with Crippen LogP contribution in [0.4, 0.5) is 5.69 Å². The first-order valence-corrected chi connectivity index (χ1v) is 10.4. The Kier molecular flexibility index (Phi) is 5.79. The van der Waals surface area contributed by atoms with Gasteiger partial charge in [0.25, 0.3) is 5.91 Å². The summed E-state index contributed by atoms with van der Waals surface area (Å²) in [5, 5.41) is 0. The number of aryl methyl sites for hydroxylation is 1. The van der Waals surface area contributed by atoms with Crippen LogP contribution < -0.4 is 9.64 Å². The molecule has 3 aromatic carbocycles. The van der Waals surface area contributed by atoms with Crippen LogP contribution in [0.25, 0.3) is 6.08 Å². The number of rotatable bonds is 5. The van der Waals surface area contributed by atoms with Gasteiger partial charge in [-0.15, -0.1) is 0 Å². The maximum absolute atomic E-state index is 12.8. The van der Waals surface area contributed by atoms with E-state index in [9.17, 15) is 4.79 Å². The maximum Gasteiger partial charge on any atom is 0.270 e. The molecule has 144 valence electrons. The molecule has 3 nitrogen and oxygen atoms in total. The van der Waals surface area contributed by atoms with Crippen molar-refractivity contribution in [2.24, 2.45) is 0 Å². The van der Waals surface area contributed by atoms with Crippen LogP contribution in [0.15, 0.2) is 83.8 Å². The van der Waals surface area contributed by atoms with Crippen molar-refractivity contribution in [2.45, 2.75) is 13.5 Å². The molecule has 4 rings (SSSR count). The fraction of sp³-hybridized carbons (Fsp3) is 0.0833. The van der Waals surface area contributed by atoms with E-state index < -0.39 is 0 Å². The van der Waals surface area contributed by atoms with Gasteiger partial charge in [0.2, 0.25) is 0 Å². The number of carbonyl (C=O) groups is 1. The first-order chi connectivity index (χ1) is 14.1. The summed E-state index contributed by atoms with van der Waals surface area (Å²) in [5.41, 5.74) is 4.10. The van der Waals surface area contributed by atoms with Crippen LogP contribution >= 0.6 is 24.0 Å². The minimum absolute atomic E-state index is 0.0916. The van der Waals surface area contributed by atoms with Crippen molar-refractivity contribution < 1.29 is 9.53 Å². The van der Waals surface area contributed by atoms with Crippen molar-refractivity contribution in [1.29, 1.82) is 0 Å². The van der Waals surface area contributed by atoms with Crippen LogP contribution in [-0.4, -0.2) is 10.2 Å². The van der Waals surface area contributed by atoms with E-state index in [2.05, 4.69) is 19.1 Å². The normalized spacial score (nSPS) is 15.2. The monoisotopic (exact) mass is 417 g/mol. The van der Waals surface area contributed by atoms with Gasteiger partial charge < -0.3 is 4.74 Å². The molecule has 1 fully saturated rings. The van der Waals surface area contributed by atoms with Gasteiger partial charge in [-0.1, -0.05) is 78.6 Å². The van der Waals surface area contributed by atoms with Crippen molar-refractivity contribution in [1.82, 2.24) is 0 Å². The Labute approximate surface area is 180 Å². The molecule has 5 heteroatoms. The number of benzene rings is 3. The van der Waals surface area contributed by atoms with Gasteiger partial charge >= 0.3 is 0 Å². The summed E-state index contributed by atoms with van der Waals surface area (Å²) in [6.07, 6.45) is 1.87. The number of thioether (sulfide) groups is 1. The van der Waals surface area contributed by atoms with Gasteiger partial charge in [0, 0.05) is 0 Å². The van der Waals surface area contributed by atoms with Gasteiger partial charge in [-0.05, 0) is 54.0 Å². The number of hydrogen-bond donors (Lipinski definition) is 0. The van der Waals surface area contributed by atoms with Gasteiger partial charge in [0.15, 0.2) is 4.32 Å². The first-order valence-electron chi connectivity index (χ1n) is 9.22. The van der Waals surface area contributed by atoms with Crippen LogP contribution in [0.1, 0.15) is 16.7 Å². The zero-order chi connectivity index (χ0) is 20.2. The molecule has 0 N–H and O–H groups in total. The summed E-state index contributed by atoms with van der Waals surface area (Å²) in [7, 11) is 0. The topological polar surface area (TPSA) is 29.5 Å². The van der Waals surface area contributed by atoms with Gasteiger partial charge in [-0.2, -0.15) is 0 Å². The lowest BCUT2D eigenvalue weighted by Gasteiger charge is -2.13. The van der Waals surface area contributed by atoms with Crippen LogP contribution in [0.3, 0.4) is 0 Å². The molecule has 0 radical (unpaired) electrons. The van der Waals surface area contributed by atoms with Crippen molar-refractivity contribution in [3.8, 4) is 5.75 Å². The molecule has 0 bridgehead atoms. The number of hydrogen-bond acceptors (Lipinski definition) is 4. The number of thiocarbonyl (C=S) groups is 1. The van der Waals surface area contributed by atoms with Crippen LogP contribution in [0.5, 0.6) is 5.75 Å². The number of amides is 1. The second-order valence-electron chi connectivity index (χ2n) is 6.64. The lowest BCUT2D eigenvalue weighted by atomic mass is 10.1. The molecule has 1 saturated heterocycles. The van der Waals surface area contributed by atoms with Crippen molar-refractivity contribution in [3.05, 3.63) is 100 Å². The first kappa shape index (κ1) is 19.4. The number of nitrogens with zero attached hydrogens (tertiary/aromatic N) is 1. The zero-order valence-electron chi connectivity index (χ0n) is 15.9. The average Bonchev–Trinajstić information content (AvgIpc) is 3.02. The standard InChI is InChI=1S/C24H19NO2S2/c1-17-7-5-6-8-19(17)16-27-21-13-11-18(12-14-21)15-22-23(26)25(24(28)29-22)20-9-3-2-4-10-20/h2-15H,16H2,1H3. The predicted molar refractivity (Wildman–Crippen MR) is 124 cm³/mol. The number of para-hydroxylation sites is 1. The van der Waals surface area contributed by atoms with Gasteiger partial charge in [-0.3, -0.25) is 9.69 Å². The molecule has 1 aliphatic heterocycles. The third kappa shape index (κ3) is 4.42. The Balaban J connectivity index is 1.45. The van der Waals surface area contributed by atoms with Crippen LogP contribution in [0.2, 0.25) is 0 Å². The number of anilines is 1. The Morgan fingerprint density at radius 2 is 1.66 bits per heavy atom. The summed E-state index contributed by atoms with van der Waals surface area (Å²) < 4.78 is 6.44. The highest BCUT2D eigenvalue weighted by molar-refractivity contribution is 8.27. The molecule has 0 spiro atoms. The summed E-state index contributed by atoms with van der Waals surface area (Å²) >= 11 is 6.73. The van der Waals surface area contributed by atoms with Crippen molar-refractivity contribution in [2.75, 3.05) is 4.90 Å². The number of carbonyl (C=O) groups excluding carboxylic acids is 1. The Bertz CT molecular complexity index is 1080. The highest BCUT2D eigenvalue weighted by atomic mass is 32.2. The summed E-state index contributed by atoms with van der Waals surface area (Å²) in [5.74, 6) is 0.702. The second kappa shape index (κ2) is 8.64. The minimum Gasteiger partial charge on any atom is -0.489 e. The van der Waals surface area contributed by atoms with E-state index in [0.29, 0.717) is 15.8 Å². The SMILES string of the molecule is Cc1ccccc1COc1ccc(C=C2SC(=S)N(c3ccccc3)C2=O)cc1. The summed E-state index contributed by atoms with van der Waals surface area (Å²) in [4.78, 5) is 15.0. The maximum atomic E-state index is 12.8. The van der Waals surface area contributed by atoms with Gasteiger partial charge in [0.05, 0.1) is 10.6 Å². The van der Waals surface area contributed by atoms with E-state index >= 15 is 0 Å². The molecule has 3 aromatic rings. The minimum atomic E-state index is -0.0916. The van der Waals surface area contributed by atoms with Crippen LogP contribution in [0, 0.1) is 6.92 Å². The summed E-state index contributed by atoms with van der Waals surface area (Å²) in [6, 6.07) is 25.4. The molecule has 0 saturated carbocycles. The second-order valence-corrected chi connectivity index (χ2v) is 8.31. The molecule has 1 aliphatic rings. The Hall–Kier alpha value is -2.89. The lowest BCUT2D eigenvalue weighted by Crippen LogP contribution is -2.27. The molecule has 0 aliphatic carbocycles. The molecular weight excluding hydrogens is 398 g/mol. The van der Waals surface area contributed by atoms with E-state index in [4.69, 9.17) is 17.0 Å². The number of ether oxygens (including phenoxy) is 1. The van der Waals surface area contributed by atoms with E-state index in [-0.39, 0.29) is 5.91 Å². The van der Waals surface area contributed by atoms with Crippen LogP contribution in [-0.2, 0) is 11.4 Å². The van der Waals surface area contributed by atoms with E-state index in [1.807, 2.05) is 72.8 Å². The third-order valence-electron chi connectivity index (χ3n) is 4.64. The molecule has 0 aromatic heterocycles. The molecule has 0 unspecified atom stereocenters. The predicted octanol–water partition coefficient (Wildman–Crippen LogP) is 5.98. The lowest BCUT2D eigenvalue weighted by molar-refractivity contribution is -0.113. The van der Waals surface area contributed by atoms with E-state index in [0.717, 1.165) is 17.0 Å². The van der Waals surface area contributed by atoms with Crippen molar-refractivity contribution in [3.63, 3.8) is 0 Å². The largest absolute Gasteiger partial charge is 0.489 e. The van der Waals surface area contributed by atoms with E-state index in [1.54, 1.807) is 4.90 Å². The highest BCUT2D eigenvalue weighted by Crippen LogP contribution is 2.36. The zero-order valence-corrected chi connectivity index (χ0v) is 17.5. The third-order valence-corrected chi connectivity index (χ3v) is 5.94. The molecule has 1 heterocycles. The van der Waals surface area contributed by atoms with Gasteiger partial charge in [-0.25, -0.2) is 0 Å². The Morgan fingerprint density at radius 1 is 0.966 bits per heavy atom.